The van der Waals surface area contributed by atoms with Crippen LogP contribution in [-0.2, 0) is 10.8 Å². The topological polar surface area (TPSA) is 49.7 Å². The third-order valence-corrected chi connectivity index (χ3v) is 4.62. The molecule has 0 saturated carbocycles. The van der Waals surface area contributed by atoms with Crippen LogP contribution in [0.2, 0.25) is 0 Å². The van der Waals surface area contributed by atoms with Crippen LogP contribution in [0.3, 0.4) is 0 Å². The van der Waals surface area contributed by atoms with Gasteiger partial charge in [0.05, 0.1) is 0 Å². The van der Waals surface area contributed by atoms with Crippen molar-refractivity contribution in [1.82, 2.24) is 0 Å². The van der Waals surface area contributed by atoms with Gasteiger partial charge in [-0.15, -0.1) is 4.91 Å². The molecule has 0 radical (unpaired) electrons. The van der Waals surface area contributed by atoms with Crippen molar-refractivity contribution >= 4 is 5.69 Å². The zero-order chi connectivity index (χ0) is 19.8. The minimum Gasteiger partial charge on any atom is -0.508 e. The Morgan fingerprint density at radius 2 is 1.16 bits per heavy atom. The van der Waals surface area contributed by atoms with E-state index in [1.165, 1.54) is 0 Å². The maximum atomic E-state index is 11.6. The van der Waals surface area contributed by atoms with Crippen LogP contribution in [0.4, 0.5) is 5.69 Å². The van der Waals surface area contributed by atoms with Crippen molar-refractivity contribution in [3.63, 3.8) is 0 Å². The predicted octanol–water partition coefficient (Wildman–Crippen LogP) is 7.22. The first-order valence-electron chi connectivity index (χ1n) is 9.20. The van der Waals surface area contributed by atoms with Crippen LogP contribution in [0.25, 0.3) is 0 Å². The van der Waals surface area contributed by atoms with Gasteiger partial charge in [-0.2, -0.15) is 0 Å². The molecule has 25 heavy (non-hydrogen) atoms. The lowest BCUT2D eigenvalue weighted by atomic mass is 9.69. The molecule has 1 rings (SSSR count). The summed E-state index contributed by atoms with van der Waals surface area (Å²) < 4.78 is 0. The fraction of sp³-hybridized carbons (Fsp3) is 0.727. The van der Waals surface area contributed by atoms with Crippen molar-refractivity contribution in [2.45, 2.75) is 92.9 Å². The zero-order valence-electron chi connectivity index (χ0n) is 17.9. The number of nitrogens with zero attached hydrogens (tertiary/aromatic N) is 1. The number of aromatic hydroxyl groups is 1. The van der Waals surface area contributed by atoms with Crippen LogP contribution >= 0.6 is 0 Å². The van der Waals surface area contributed by atoms with Crippen molar-refractivity contribution in [1.29, 1.82) is 0 Å². The number of phenolic OH excluding ortho intramolecular Hbond substituents is 1. The second-order valence-corrected chi connectivity index (χ2v) is 11.2. The SMILES string of the molecule is CC(C)(C)CC(C)(C)c1cc(N=O)c(C(C)(C)CC(C)(C)C)cc1O. The molecule has 0 bridgehead atoms. The van der Waals surface area contributed by atoms with Crippen LogP contribution in [0, 0.1) is 15.7 Å². The molecular formula is C22H37NO2. The smallest absolute Gasteiger partial charge is 0.119 e. The van der Waals surface area contributed by atoms with E-state index < -0.39 is 0 Å². The Morgan fingerprint density at radius 1 is 0.760 bits per heavy atom. The average Bonchev–Trinajstić information content (AvgIpc) is 2.32. The van der Waals surface area contributed by atoms with E-state index in [1.807, 2.05) is 0 Å². The van der Waals surface area contributed by atoms with E-state index in [0.29, 0.717) is 5.69 Å². The molecule has 142 valence electrons. The molecule has 0 heterocycles. The molecule has 1 aromatic rings. The summed E-state index contributed by atoms with van der Waals surface area (Å²) >= 11 is 0. The summed E-state index contributed by atoms with van der Waals surface area (Å²) in [5.41, 5.74) is 1.82. The molecule has 3 nitrogen and oxygen atoms in total. The molecule has 0 spiro atoms. The third kappa shape index (κ3) is 5.83. The van der Waals surface area contributed by atoms with Crippen molar-refractivity contribution < 1.29 is 5.11 Å². The zero-order valence-corrected chi connectivity index (χ0v) is 17.9. The van der Waals surface area contributed by atoms with Gasteiger partial charge in [0, 0.05) is 5.56 Å². The van der Waals surface area contributed by atoms with Gasteiger partial charge in [-0.3, -0.25) is 0 Å². The molecule has 0 aliphatic rings. The highest BCUT2D eigenvalue weighted by Crippen LogP contribution is 2.46. The lowest BCUT2D eigenvalue weighted by Crippen LogP contribution is -2.27. The van der Waals surface area contributed by atoms with Crippen molar-refractivity contribution in [3.8, 4) is 5.75 Å². The molecule has 0 fully saturated rings. The van der Waals surface area contributed by atoms with Gasteiger partial charge in [-0.25, -0.2) is 0 Å². The molecule has 0 aliphatic carbocycles. The van der Waals surface area contributed by atoms with Crippen LogP contribution in [0.1, 0.15) is 93.2 Å². The molecule has 0 aliphatic heterocycles. The molecule has 0 aromatic heterocycles. The van der Waals surface area contributed by atoms with E-state index in [9.17, 15) is 10.0 Å². The van der Waals surface area contributed by atoms with Gasteiger partial charge in [0.15, 0.2) is 0 Å². The van der Waals surface area contributed by atoms with Gasteiger partial charge >= 0.3 is 0 Å². The summed E-state index contributed by atoms with van der Waals surface area (Å²) in [6.07, 6.45) is 1.79. The molecule has 0 unspecified atom stereocenters. The molecule has 0 saturated heterocycles. The first kappa shape index (κ1) is 21.7. The van der Waals surface area contributed by atoms with Gasteiger partial charge < -0.3 is 5.11 Å². The summed E-state index contributed by atoms with van der Waals surface area (Å²) in [6.45, 7) is 21.6. The highest BCUT2D eigenvalue weighted by Gasteiger charge is 2.34. The van der Waals surface area contributed by atoms with Crippen LogP contribution < -0.4 is 0 Å². The first-order chi connectivity index (χ1) is 11.0. The maximum Gasteiger partial charge on any atom is 0.119 e. The van der Waals surface area contributed by atoms with E-state index in [1.54, 1.807) is 12.1 Å². The number of rotatable bonds is 5. The van der Waals surface area contributed by atoms with Gasteiger partial charge in [-0.1, -0.05) is 69.2 Å². The van der Waals surface area contributed by atoms with E-state index in [2.05, 4.69) is 74.4 Å². The normalized spacial score (nSPS) is 13.8. The third-order valence-electron chi connectivity index (χ3n) is 4.62. The first-order valence-corrected chi connectivity index (χ1v) is 9.20. The summed E-state index contributed by atoms with van der Waals surface area (Å²) in [5.74, 6) is 0.263. The minimum absolute atomic E-state index is 0.115. The summed E-state index contributed by atoms with van der Waals surface area (Å²) in [4.78, 5) is 11.6. The predicted molar refractivity (Wildman–Crippen MR) is 108 cm³/mol. The van der Waals surface area contributed by atoms with E-state index in [-0.39, 0.29) is 27.4 Å². The van der Waals surface area contributed by atoms with Gasteiger partial charge in [-0.05, 0) is 57.4 Å². The minimum atomic E-state index is -0.244. The summed E-state index contributed by atoms with van der Waals surface area (Å²) in [5, 5.41) is 14.1. The van der Waals surface area contributed by atoms with Crippen molar-refractivity contribution in [2.75, 3.05) is 0 Å². The second kappa shape index (κ2) is 6.74. The quantitative estimate of drug-likeness (QED) is 0.572. The Hall–Kier alpha value is -1.38. The van der Waals surface area contributed by atoms with E-state index in [4.69, 9.17) is 0 Å². The highest BCUT2D eigenvalue weighted by atomic mass is 16.3. The number of phenols is 1. The second-order valence-electron chi connectivity index (χ2n) is 11.2. The van der Waals surface area contributed by atoms with Gasteiger partial charge in [0.1, 0.15) is 11.4 Å². The number of hydrogen-bond acceptors (Lipinski definition) is 3. The standard InChI is InChI=1S/C22H37NO2/c1-19(2,3)13-21(7,8)15-12-18(24)16(11-17(15)23-25)22(9,10)14-20(4,5)6/h11-12,24H,13-14H2,1-10H3. The van der Waals surface area contributed by atoms with E-state index in [0.717, 1.165) is 24.0 Å². The monoisotopic (exact) mass is 347 g/mol. The average molecular weight is 348 g/mol. The van der Waals surface area contributed by atoms with Crippen LogP contribution in [0.5, 0.6) is 5.75 Å². The Balaban J connectivity index is 3.45. The largest absolute Gasteiger partial charge is 0.508 e. The van der Waals surface area contributed by atoms with Crippen LogP contribution in [-0.4, -0.2) is 5.11 Å². The lowest BCUT2D eigenvalue weighted by Gasteiger charge is -2.36. The van der Waals surface area contributed by atoms with Gasteiger partial charge in [0.2, 0.25) is 0 Å². The molecule has 3 heteroatoms. The lowest BCUT2D eigenvalue weighted by molar-refractivity contribution is 0.275. The Labute approximate surface area is 154 Å². The summed E-state index contributed by atoms with van der Waals surface area (Å²) in [6, 6.07) is 3.57. The molecule has 1 aromatic carbocycles. The molecule has 0 amide bonds. The maximum absolute atomic E-state index is 11.6. The Bertz CT molecular complexity index is 629. The molecule has 1 N–H and O–H groups in total. The molecule has 0 atom stereocenters. The fourth-order valence-electron chi connectivity index (χ4n) is 4.58. The highest BCUT2D eigenvalue weighted by molar-refractivity contribution is 5.58. The van der Waals surface area contributed by atoms with Crippen LogP contribution in [0.15, 0.2) is 17.3 Å². The van der Waals surface area contributed by atoms with Crippen molar-refractivity contribution in [3.05, 3.63) is 28.2 Å². The molecular weight excluding hydrogens is 310 g/mol. The summed E-state index contributed by atoms with van der Waals surface area (Å²) in [7, 11) is 0. The van der Waals surface area contributed by atoms with Gasteiger partial charge in [0.25, 0.3) is 0 Å². The van der Waals surface area contributed by atoms with E-state index >= 15 is 0 Å². The Morgan fingerprint density at radius 3 is 1.52 bits per heavy atom. The number of benzene rings is 1. The Kier molecular flexibility index (Phi) is 5.84. The number of nitroso groups, excluding NO2 is 1. The van der Waals surface area contributed by atoms with Crippen molar-refractivity contribution in [2.24, 2.45) is 16.0 Å². The fourth-order valence-corrected chi connectivity index (χ4v) is 4.58. The number of hydrogen-bond donors (Lipinski definition) is 1.